The molecule has 0 radical (unpaired) electrons. The fourth-order valence-corrected chi connectivity index (χ4v) is 3.36. The molecule has 0 spiro atoms. The van der Waals surface area contributed by atoms with Crippen LogP contribution in [0, 0.1) is 12.8 Å². The van der Waals surface area contributed by atoms with Gasteiger partial charge < -0.3 is 9.88 Å². The zero-order valence-corrected chi connectivity index (χ0v) is 15.4. The van der Waals surface area contributed by atoms with Crippen LogP contribution in [0.25, 0.3) is 10.9 Å². The van der Waals surface area contributed by atoms with E-state index in [1.54, 1.807) is 0 Å². The average Bonchev–Trinajstić information content (AvgIpc) is 3.09. The van der Waals surface area contributed by atoms with Crippen LogP contribution in [0.3, 0.4) is 0 Å². The van der Waals surface area contributed by atoms with Crippen LogP contribution in [-0.4, -0.2) is 14.3 Å². The van der Waals surface area contributed by atoms with Crippen molar-refractivity contribution in [2.24, 2.45) is 13.0 Å². The average molecular weight is 324 g/mol. The summed E-state index contributed by atoms with van der Waals surface area (Å²) < 4.78 is 4.32. The van der Waals surface area contributed by atoms with Gasteiger partial charge in [0.05, 0.1) is 6.20 Å². The first kappa shape index (κ1) is 16.8. The molecule has 0 saturated heterocycles. The van der Waals surface area contributed by atoms with Crippen LogP contribution in [0.15, 0.2) is 36.7 Å². The first-order valence-corrected chi connectivity index (χ1v) is 8.76. The van der Waals surface area contributed by atoms with Crippen molar-refractivity contribution in [2.45, 2.75) is 46.8 Å². The van der Waals surface area contributed by atoms with Crippen molar-refractivity contribution in [3.05, 3.63) is 53.5 Å². The molecule has 0 saturated carbocycles. The minimum atomic E-state index is 0.283. The van der Waals surface area contributed by atoms with Gasteiger partial charge in [-0.1, -0.05) is 32.0 Å². The summed E-state index contributed by atoms with van der Waals surface area (Å²) in [6, 6.07) is 9.03. The summed E-state index contributed by atoms with van der Waals surface area (Å²) >= 11 is 0. The number of para-hydroxylation sites is 1. The second-order valence-electron chi connectivity index (χ2n) is 7.14. The van der Waals surface area contributed by atoms with Gasteiger partial charge in [0.15, 0.2) is 0 Å². The van der Waals surface area contributed by atoms with Gasteiger partial charge in [-0.2, -0.15) is 5.10 Å². The van der Waals surface area contributed by atoms with Crippen LogP contribution in [0.4, 0.5) is 0 Å². The Morgan fingerprint density at radius 1 is 1.17 bits per heavy atom. The molecule has 1 N–H and O–H groups in total. The fourth-order valence-electron chi connectivity index (χ4n) is 3.36. The van der Waals surface area contributed by atoms with Crippen molar-refractivity contribution in [3.8, 4) is 0 Å². The second-order valence-corrected chi connectivity index (χ2v) is 7.14. The van der Waals surface area contributed by atoms with Crippen LogP contribution < -0.4 is 5.32 Å². The summed E-state index contributed by atoms with van der Waals surface area (Å²) in [6.07, 6.45) is 4.01. The van der Waals surface area contributed by atoms with Gasteiger partial charge in [-0.25, -0.2) is 0 Å². The summed E-state index contributed by atoms with van der Waals surface area (Å²) in [4.78, 5) is 0. The van der Waals surface area contributed by atoms with Gasteiger partial charge in [-0.15, -0.1) is 0 Å². The number of aromatic nitrogens is 3. The molecule has 4 heteroatoms. The topological polar surface area (TPSA) is 34.8 Å². The van der Waals surface area contributed by atoms with E-state index in [-0.39, 0.29) is 6.04 Å². The third-order valence-electron chi connectivity index (χ3n) is 4.72. The molecule has 0 bridgehead atoms. The minimum Gasteiger partial charge on any atom is -0.344 e. The van der Waals surface area contributed by atoms with E-state index in [0.717, 1.165) is 13.1 Å². The highest BCUT2D eigenvalue weighted by Gasteiger charge is 2.15. The van der Waals surface area contributed by atoms with Crippen molar-refractivity contribution in [2.75, 3.05) is 0 Å². The fraction of sp³-hybridized carbons (Fsp3) is 0.450. The van der Waals surface area contributed by atoms with E-state index in [4.69, 9.17) is 0 Å². The molecule has 4 nitrogen and oxygen atoms in total. The maximum absolute atomic E-state index is 4.27. The van der Waals surface area contributed by atoms with Crippen molar-refractivity contribution in [1.29, 1.82) is 0 Å². The molecule has 24 heavy (non-hydrogen) atoms. The Bertz CT molecular complexity index is 825. The number of aryl methyl sites for hydroxylation is 1. The summed E-state index contributed by atoms with van der Waals surface area (Å²) in [6.45, 7) is 10.9. The van der Waals surface area contributed by atoms with E-state index in [1.165, 1.54) is 27.7 Å². The lowest BCUT2D eigenvalue weighted by molar-refractivity contribution is 0.523. The van der Waals surface area contributed by atoms with Crippen LogP contribution in [-0.2, 0) is 20.1 Å². The van der Waals surface area contributed by atoms with Crippen LogP contribution in [0.2, 0.25) is 0 Å². The number of nitrogens with one attached hydrogen (secondary N) is 1. The van der Waals surface area contributed by atoms with E-state index in [2.05, 4.69) is 73.1 Å². The van der Waals surface area contributed by atoms with E-state index < -0.39 is 0 Å². The van der Waals surface area contributed by atoms with Crippen LogP contribution >= 0.6 is 0 Å². The van der Waals surface area contributed by atoms with E-state index in [9.17, 15) is 0 Å². The van der Waals surface area contributed by atoms with Gasteiger partial charge in [0.2, 0.25) is 0 Å². The number of rotatable bonds is 6. The summed E-state index contributed by atoms with van der Waals surface area (Å²) in [5.74, 6) is 0.634. The van der Waals surface area contributed by atoms with Crippen molar-refractivity contribution < 1.29 is 0 Å². The summed E-state index contributed by atoms with van der Waals surface area (Å²) in [7, 11) is 1.96. The molecule has 1 aromatic carbocycles. The van der Waals surface area contributed by atoms with Crippen molar-refractivity contribution >= 4 is 10.9 Å². The number of benzene rings is 1. The third-order valence-corrected chi connectivity index (χ3v) is 4.72. The normalized spacial score (nSPS) is 13.1. The molecule has 3 aromatic rings. The number of fused-ring (bicyclic) bond motifs is 1. The van der Waals surface area contributed by atoms with Gasteiger partial charge in [0, 0.05) is 54.5 Å². The Labute approximate surface area is 144 Å². The lowest BCUT2D eigenvalue weighted by Gasteiger charge is -2.14. The smallest absolute Gasteiger partial charge is 0.0537 e. The molecule has 3 rings (SSSR count). The van der Waals surface area contributed by atoms with Gasteiger partial charge in [-0.05, 0) is 31.4 Å². The Balaban J connectivity index is 1.87. The van der Waals surface area contributed by atoms with Gasteiger partial charge in [0.1, 0.15) is 0 Å². The number of hydrogen-bond donors (Lipinski definition) is 1. The number of nitrogens with zero attached hydrogens (tertiary/aromatic N) is 3. The molecule has 1 unspecified atom stereocenters. The first-order valence-electron chi connectivity index (χ1n) is 8.76. The zero-order valence-electron chi connectivity index (χ0n) is 15.4. The highest BCUT2D eigenvalue weighted by molar-refractivity contribution is 5.85. The molecule has 1 atom stereocenters. The lowest BCUT2D eigenvalue weighted by atomic mass is 10.1. The Morgan fingerprint density at radius 3 is 2.58 bits per heavy atom. The largest absolute Gasteiger partial charge is 0.344 e. The molecule has 0 aliphatic rings. The summed E-state index contributed by atoms with van der Waals surface area (Å²) in [5.41, 5.74) is 5.34. The van der Waals surface area contributed by atoms with Gasteiger partial charge in [0.25, 0.3) is 0 Å². The molecule has 128 valence electrons. The quantitative estimate of drug-likeness (QED) is 0.738. The molecule has 0 fully saturated rings. The van der Waals surface area contributed by atoms with Crippen molar-refractivity contribution in [3.63, 3.8) is 0 Å². The standard InChI is InChI=1S/C20H28N4/c1-14(2)12-24-16(4)19(18-8-6-7-9-20(18)24)11-21-15(3)17-10-22-23(5)13-17/h6-10,13-15,21H,11-12H2,1-5H3. The second kappa shape index (κ2) is 6.81. The zero-order chi connectivity index (χ0) is 17.3. The highest BCUT2D eigenvalue weighted by atomic mass is 15.2. The Kier molecular flexibility index (Phi) is 4.76. The van der Waals surface area contributed by atoms with E-state index in [1.807, 2.05) is 17.9 Å². The molecule has 0 aliphatic heterocycles. The van der Waals surface area contributed by atoms with E-state index >= 15 is 0 Å². The maximum atomic E-state index is 4.27. The summed E-state index contributed by atoms with van der Waals surface area (Å²) in [5, 5.41) is 9.29. The van der Waals surface area contributed by atoms with Crippen LogP contribution in [0.5, 0.6) is 0 Å². The Hall–Kier alpha value is -2.07. The molecule has 0 aliphatic carbocycles. The van der Waals surface area contributed by atoms with Crippen LogP contribution in [0.1, 0.15) is 43.6 Å². The minimum absolute atomic E-state index is 0.283. The SMILES string of the molecule is Cc1c(CNC(C)c2cnn(C)c2)c2ccccc2n1CC(C)C. The Morgan fingerprint density at radius 2 is 1.92 bits per heavy atom. The molecular formula is C20H28N4. The third kappa shape index (κ3) is 3.24. The predicted octanol–water partition coefficient (Wildman–Crippen LogP) is 4.19. The molecule has 2 heterocycles. The van der Waals surface area contributed by atoms with Crippen molar-refractivity contribution in [1.82, 2.24) is 19.7 Å². The molecule has 2 aromatic heterocycles. The van der Waals surface area contributed by atoms with Gasteiger partial charge >= 0.3 is 0 Å². The highest BCUT2D eigenvalue weighted by Crippen LogP contribution is 2.27. The van der Waals surface area contributed by atoms with E-state index in [0.29, 0.717) is 5.92 Å². The maximum Gasteiger partial charge on any atom is 0.0537 e. The molecule has 0 amide bonds. The first-order chi connectivity index (χ1) is 11.5. The monoisotopic (exact) mass is 324 g/mol. The predicted molar refractivity (Wildman–Crippen MR) is 100.0 cm³/mol. The molecular weight excluding hydrogens is 296 g/mol. The lowest BCUT2D eigenvalue weighted by Crippen LogP contribution is -2.18. The van der Waals surface area contributed by atoms with Gasteiger partial charge in [-0.3, -0.25) is 4.68 Å². The number of hydrogen-bond acceptors (Lipinski definition) is 2.